The van der Waals surface area contributed by atoms with Crippen molar-refractivity contribution in [3.8, 4) is 0 Å². The minimum absolute atomic E-state index is 0.00849. The molecule has 24 heavy (non-hydrogen) atoms. The van der Waals surface area contributed by atoms with Crippen LogP contribution in [0.2, 0.25) is 0 Å². The summed E-state index contributed by atoms with van der Waals surface area (Å²) in [6, 6.07) is 6.31. The van der Waals surface area contributed by atoms with Crippen LogP contribution < -0.4 is 16.0 Å². The molecule has 4 bridgehead atoms. The lowest BCUT2D eigenvalue weighted by Crippen LogP contribution is -2.60. The van der Waals surface area contributed by atoms with Crippen LogP contribution in [0.15, 0.2) is 18.2 Å². The van der Waals surface area contributed by atoms with Crippen molar-refractivity contribution in [3.05, 3.63) is 29.3 Å². The first-order chi connectivity index (χ1) is 11.7. The van der Waals surface area contributed by atoms with Gasteiger partial charge in [-0.15, -0.1) is 0 Å². The summed E-state index contributed by atoms with van der Waals surface area (Å²) >= 11 is 0. The summed E-state index contributed by atoms with van der Waals surface area (Å²) < 4.78 is 0. The maximum absolute atomic E-state index is 12.6. The Bertz CT molecular complexity index is 634. The van der Waals surface area contributed by atoms with E-state index >= 15 is 0 Å². The van der Waals surface area contributed by atoms with Crippen molar-refractivity contribution in [1.29, 1.82) is 0 Å². The van der Waals surface area contributed by atoms with Crippen LogP contribution in [0.5, 0.6) is 0 Å². The SMILES string of the molecule is O=C(Nc1ccc2c(c1)CCNC2)NC12CC3CC(CC(C3)C1)C2. The molecule has 1 aliphatic heterocycles. The normalized spacial score (nSPS) is 36.2. The van der Waals surface area contributed by atoms with Crippen molar-refractivity contribution in [1.82, 2.24) is 10.6 Å². The topological polar surface area (TPSA) is 53.2 Å². The molecule has 0 aromatic heterocycles. The molecule has 0 atom stereocenters. The first-order valence-corrected chi connectivity index (χ1v) is 9.59. The van der Waals surface area contributed by atoms with Crippen molar-refractivity contribution in [3.63, 3.8) is 0 Å². The molecular formula is C20H27N3O. The zero-order valence-corrected chi connectivity index (χ0v) is 14.2. The standard InChI is InChI=1S/C20H27N3O/c24-19(22-18-2-1-17-12-21-4-3-16(17)8-18)23-20-9-13-5-14(10-20)7-15(6-13)11-20/h1-2,8,13-15,21H,3-7,9-12H2,(H2,22,23,24). The third-order valence-electron chi connectivity index (χ3n) is 6.77. The van der Waals surface area contributed by atoms with Gasteiger partial charge in [0, 0.05) is 17.8 Å². The fourth-order valence-corrected chi connectivity index (χ4v) is 6.22. The molecule has 0 spiro atoms. The zero-order chi connectivity index (χ0) is 16.1. The van der Waals surface area contributed by atoms with Gasteiger partial charge in [0.05, 0.1) is 0 Å². The number of anilines is 1. The van der Waals surface area contributed by atoms with Crippen molar-refractivity contribution in [2.45, 2.75) is 57.0 Å². The number of benzene rings is 1. The number of fused-ring (bicyclic) bond motifs is 1. The molecule has 0 radical (unpaired) electrons. The Hall–Kier alpha value is -1.55. The second-order valence-corrected chi connectivity index (χ2v) is 8.69. The Morgan fingerprint density at radius 2 is 1.75 bits per heavy atom. The molecular weight excluding hydrogens is 298 g/mol. The van der Waals surface area contributed by atoms with E-state index in [0.29, 0.717) is 0 Å². The number of hydrogen-bond acceptors (Lipinski definition) is 2. The minimum Gasteiger partial charge on any atom is -0.332 e. The van der Waals surface area contributed by atoms with Gasteiger partial charge in [0.2, 0.25) is 0 Å². The summed E-state index contributed by atoms with van der Waals surface area (Å²) in [5, 5.41) is 9.87. The van der Waals surface area contributed by atoms with E-state index in [-0.39, 0.29) is 11.6 Å². The highest BCUT2D eigenvalue weighted by atomic mass is 16.2. The van der Waals surface area contributed by atoms with E-state index in [2.05, 4.69) is 28.1 Å². The highest BCUT2D eigenvalue weighted by Crippen LogP contribution is 2.55. The molecule has 1 aromatic rings. The number of amides is 2. The van der Waals surface area contributed by atoms with Crippen molar-refractivity contribution < 1.29 is 4.79 Å². The Balaban J connectivity index is 1.28. The second-order valence-electron chi connectivity index (χ2n) is 8.69. The molecule has 0 saturated heterocycles. The Morgan fingerprint density at radius 1 is 1.04 bits per heavy atom. The summed E-state index contributed by atoms with van der Waals surface area (Å²) in [6.07, 6.45) is 8.85. The van der Waals surface area contributed by atoms with Crippen LogP contribution in [0.3, 0.4) is 0 Å². The lowest BCUT2D eigenvalue weighted by atomic mass is 9.53. The molecule has 4 fully saturated rings. The Labute approximate surface area is 143 Å². The van der Waals surface area contributed by atoms with Gasteiger partial charge in [-0.05, 0) is 92.5 Å². The number of carbonyl (C=O) groups is 1. The maximum Gasteiger partial charge on any atom is 0.319 e. The third-order valence-corrected chi connectivity index (χ3v) is 6.77. The molecule has 128 valence electrons. The summed E-state index contributed by atoms with van der Waals surface area (Å²) in [5.74, 6) is 2.56. The monoisotopic (exact) mass is 325 g/mol. The number of rotatable bonds is 2. The van der Waals surface area contributed by atoms with E-state index in [1.54, 1.807) is 0 Å². The molecule has 6 rings (SSSR count). The smallest absolute Gasteiger partial charge is 0.319 e. The summed E-state index contributed by atoms with van der Waals surface area (Å²) in [6.45, 7) is 1.96. The highest BCUT2D eigenvalue weighted by molar-refractivity contribution is 5.90. The summed E-state index contributed by atoms with van der Waals surface area (Å²) in [7, 11) is 0. The van der Waals surface area contributed by atoms with Crippen LogP contribution in [0.4, 0.5) is 10.5 Å². The Morgan fingerprint density at radius 3 is 2.46 bits per heavy atom. The van der Waals surface area contributed by atoms with E-state index in [0.717, 1.165) is 43.0 Å². The molecule has 4 aliphatic carbocycles. The number of hydrogen-bond donors (Lipinski definition) is 3. The van der Waals surface area contributed by atoms with Gasteiger partial charge in [0.1, 0.15) is 0 Å². The third kappa shape index (κ3) is 2.61. The lowest BCUT2D eigenvalue weighted by Gasteiger charge is -2.56. The van der Waals surface area contributed by atoms with Gasteiger partial charge >= 0.3 is 6.03 Å². The van der Waals surface area contributed by atoms with Crippen LogP contribution in [-0.4, -0.2) is 18.1 Å². The lowest BCUT2D eigenvalue weighted by molar-refractivity contribution is -0.0127. The Kier molecular flexibility index (Phi) is 3.37. The predicted octanol–water partition coefficient (Wildman–Crippen LogP) is 3.42. The van der Waals surface area contributed by atoms with Crippen molar-refractivity contribution in [2.24, 2.45) is 17.8 Å². The van der Waals surface area contributed by atoms with Gasteiger partial charge in [-0.25, -0.2) is 4.79 Å². The highest BCUT2D eigenvalue weighted by Gasteiger charge is 2.51. The average Bonchev–Trinajstić information content (AvgIpc) is 2.52. The van der Waals surface area contributed by atoms with Crippen LogP contribution in [0, 0.1) is 17.8 Å². The molecule has 3 N–H and O–H groups in total. The fraction of sp³-hybridized carbons (Fsp3) is 0.650. The van der Waals surface area contributed by atoms with Crippen LogP contribution in [0.25, 0.3) is 0 Å². The zero-order valence-electron chi connectivity index (χ0n) is 14.2. The van der Waals surface area contributed by atoms with Crippen LogP contribution in [-0.2, 0) is 13.0 Å². The fourth-order valence-electron chi connectivity index (χ4n) is 6.22. The second kappa shape index (κ2) is 5.48. The molecule has 0 unspecified atom stereocenters. The van der Waals surface area contributed by atoms with Gasteiger partial charge in [0.25, 0.3) is 0 Å². The summed E-state index contributed by atoms with van der Waals surface area (Å²) in [4.78, 5) is 12.6. The van der Waals surface area contributed by atoms with E-state index in [4.69, 9.17) is 0 Å². The maximum atomic E-state index is 12.6. The van der Waals surface area contributed by atoms with Crippen molar-refractivity contribution >= 4 is 11.7 Å². The molecule has 4 saturated carbocycles. The van der Waals surface area contributed by atoms with Gasteiger partial charge in [-0.2, -0.15) is 0 Å². The van der Waals surface area contributed by atoms with E-state index < -0.39 is 0 Å². The van der Waals surface area contributed by atoms with Crippen LogP contribution >= 0.6 is 0 Å². The molecule has 4 nitrogen and oxygen atoms in total. The first-order valence-electron chi connectivity index (χ1n) is 9.59. The molecule has 2 amide bonds. The van der Waals surface area contributed by atoms with E-state index in [1.165, 1.54) is 49.7 Å². The molecule has 5 aliphatic rings. The van der Waals surface area contributed by atoms with Crippen LogP contribution in [0.1, 0.15) is 49.7 Å². The first kappa shape index (κ1) is 14.8. The molecule has 1 heterocycles. The minimum atomic E-state index is -0.00849. The van der Waals surface area contributed by atoms with Crippen molar-refractivity contribution in [2.75, 3.05) is 11.9 Å². The number of urea groups is 1. The van der Waals surface area contributed by atoms with Gasteiger partial charge in [-0.1, -0.05) is 6.07 Å². The molecule has 1 aromatic carbocycles. The van der Waals surface area contributed by atoms with Gasteiger partial charge in [-0.3, -0.25) is 0 Å². The van der Waals surface area contributed by atoms with Gasteiger partial charge in [0.15, 0.2) is 0 Å². The van der Waals surface area contributed by atoms with Gasteiger partial charge < -0.3 is 16.0 Å². The largest absolute Gasteiger partial charge is 0.332 e. The van der Waals surface area contributed by atoms with E-state index in [9.17, 15) is 4.79 Å². The number of nitrogens with one attached hydrogen (secondary N) is 3. The average molecular weight is 325 g/mol. The van der Waals surface area contributed by atoms with E-state index in [1.807, 2.05) is 6.07 Å². The predicted molar refractivity (Wildman–Crippen MR) is 94.9 cm³/mol. The number of carbonyl (C=O) groups excluding carboxylic acids is 1. The quantitative estimate of drug-likeness (QED) is 0.780. The molecule has 4 heteroatoms. The summed E-state index contributed by atoms with van der Waals surface area (Å²) in [5.41, 5.74) is 3.73.